The van der Waals surface area contributed by atoms with Gasteiger partial charge in [0.1, 0.15) is 0 Å². The Labute approximate surface area is 158 Å². The SMILES string of the molecule is CC(NC(=O)c1cncc(NCc2ccccc2Cl)c1)c1ccccc1. The molecule has 0 aliphatic carbocycles. The van der Waals surface area contributed by atoms with Gasteiger partial charge in [0, 0.05) is 24.0 Å². The summed E-state index contributed by atoms with van der Waals surface area (Å²) in [6.07, 6.45) is 3.25. The number of aromatic nitrogens is 1. The maximum absolute atomic E-state index is 12.5. The number of benzene rings is 2. The van der Waals surface area contributed by atoms with Gasteiger partial charge in [0.15, 0.2) is 0 Å². The lowest BCUT2D eigenvalue weighted by atomic mass is 10.1. The van der Waals surface area contributed by atoms with Crippen molar-refractivity contribution in [3.05, 3.63) is 94.8 Å². The number of rotatable bonds is 6. The molecule has 1 amide bonds. The molecule has 5 heteroatoms. The Morgan fingerprint density at radius 2 is 1.81 bits per heavy atom. The first-order chi connectivity index (χ1) is 12.6. The highest BCUT2D eigenvalue weighted by molar-refractivity contribution is 6.31. The van der Waals surface area contributed by atoms with Crippen molar-refractivity contribution in [2.45, 2.75) is 19.5 Å². The van der Waals surface area contributed by atoms with Crippen LogP contribution in [-0.4, -0.2) is 10.9 Å². The van der Waals surface area contributed by atoms with Crippen LogP contribution >= 0.6 is 11.6 Å². The third-order valence-corrected chi connectivity index (χ3v) is 4.46. The van der Waals surface area contributed by atoms with E-state index in [0.717, 1.165) is 16.8 Å². The third-order valence-electron chi connectivity index (χ3n) is 4.09. The molecule has 1 atom stereocenters. The summed E-state index contributed by atoms with van der Waals surface area (Å²) in [6, 6.07) is 19.2. The number of halogens is 1. The number of carbonyl (C=O) groups excluding carboxylic acids is 1. The lowest BCUT2D eigenvalue weighted by Gasteiger charge is -2.15. The molecule has 1 aromatic heterocycles. The van der Waals surface area contributed by atoms with Crippen molar-refractivity contribution >= 4 is 23.2 Å². The second-order valence-corrected chi connectivity index (χ2v) is 6.42. The molecule has 1 heterocycles. The molecule has 0 fully saturated rings. The fourth-order valence-corrected chi connectivity index (χ4v) is 2.81. The first kappa shape index (κ1) is 18.0. The van der Waals surface area contributed by atoms with Crippen molar-refractivity contribution in [2.24, 2.45) is 0 Å². The van der Waals surface area contributed by atoms with Gasteiger partial charge in [-0.1, -0.05) is 60.1 Å². The van der Waals surface area contributed by atoms with Gasteiger partial charge in [-0.25, -0.2) is 0 Å². The van der Waals surface area contributed by atoms with Crippen LogP contribution in [0.25, 0.3) is 0 Å². The van der Waals surface area contributed by atoms with Crippen LogP contribution in [0.4, 0.5) is 5.69 Å². The molecule has 0 spiro atoms. The van der Waals surface area contributed by atoms with Gasteiger partial charge in [-0.15, -0.1) is 0 Å². The summed E-state index contributed by atoms with van der Waals surface area (Å²) in [5.74, 6) is -0.157. The van der Waals surface area contributed by atoms with E-state index in [-0.39, 0.29) is 11.9 Å². The average Bonchev–Trinajstić information content (AvgIpc) is 2.68. The normalized spacial score (nSPS) is 11.6. The van der Waals surface area contributed by atoms with Gasteiger partial charge in [-0.05, 0) is 30.2 Å². The Hall–Kier alpha value is -2.85. The average molecular weight is 366 g/mol. The highest BCUT2D eigenvalue weighted by Gasteiger charge is 2.12. The van der Waals surface area contributed by atoms with Crippen LogP contribution in [0.3, 0.4) is 0 Å². The monoisotopic (exact) mass is 365 g/mol. The zero-order valence-corrected chi connectivity index (χ0v) is 15.2. The molecule has 4 nitrogen and oxygen atoms in total. The van der Waals surface area contributed by atoms with Gasteiger partial charge in [0.05, 0.1) is 17.3 Å². The van der Waals surface area contributed by atoms with Gasteiger partial charge in [0.25, 0.3) is 5.91 Å². The summed E-state index contributed by atoms with van der Waals surface area (Å²) in [4.78, 5) is 16.7. The molecule has 3 aromatic rings. The summed E-state index contributed by atoms with van der Waals surface area (Å²) in [5, 5.41) is 6.96. The van der Waals surface area contributed by atoms with Gasteiger partial charge in [-0.2, -0.15) is 0 Å². The van der Waals surface area contributed by atoms with E-state index in [1.165, 1.54) is 0 Å². The Kier molecular flexibility index (Phi) is 5.87. The molecule has 132 valence electrons. The van der Waals surface area contributed by atoms with Crippen LogP contribution in [0.5, 0.6) is 0 Å². The topological polar surface area (TPSA) is 54.0 Å². The van der Waals surface area contributed by atoms with E-state index in [9.17, 15) is 4.79 Å². The Morgan fingerprint density at radius 3 is 2.58 bits per heavy atom. The Morgan fingerprint density at radius 1 is 1.08 bits per heavy atom. The lowest BCUT2D eigenvalue weighted by molar-refractivity contribution is 0.0939. The number of carbonyl (C=O) groups is 1. The minimum atomic E-state index is -0.157. The summed E-state index contributed by atoms with van der Waals surface area (Å²) < 4.78 is 0. The number of amides is 1. The fraction of sp³-hybridized carbons (Fsp3) is 0.143. The number of anilines is 1. The molecule has 2 N–H and O–H groups in total. The maximum atomic E-state index is 12.5. The van der Waals surface area contributed by atoms with E-state index < -0.39 is 0 Å². The van der Waals surface area contributed by atoms with Crippen molar-refractivity contribution in [1.29, 1.82) is 0 Å². The summed E-state index contributed by atoms with van der Waals surface area (Å²) in [7, 11) is 0. The number of hydrogen-bond donors (Lipinski definition) is 2. The first-order valence-electron chi connectivity index (χ1n) is 8.41. The van der Waals surface area contributed by atoms with E-state index in [1.807, 2.05) is 61.5 Å². The molecule has 0 saturated carbocycles. The predicted octanol–water partition coefficient (Wildman–Crippen LogP) is 4.84. The molecule has 3 rings (SSSR count). The largest absolute Gasteiger partial charge is 0.380 e. The summed E-state index contributed by atoms with van der Waals surface area (Å²) in [6.45, 7) is 2.52. The second kappa shape index (κ2) is 8.50. The molecular weight excluding hydrogens is 346 g/mol. The number of nitrogens with zero attached hydrogens (tertiary/aromatic N) is 1. The van der Waals surface area contributed by atoms with Crippen molar-refractivity contribution in [2.75, 3.05) is 5.32 Å². The minimum Gasteiger partial charge on any atom is -0.380 e. The van der Waals surface area contributed by atoms with E-state index in [4.69, 9.17) is 11.6 Å². The molecular formula is C21H20ClN3O. The van der Waals surface area contributed by atoms with E-state index in [0.29, 0.717) is 17.1 Å². The molecule has 0 saturated heterocycles. The molecule has 2 aromatic carbocycles. The standard InChI is InChI=1S/C21H20ClN3O/c1-15(16-7-3-2-4-8-16)25-21(26)18-11-19(14-23-12-18)24-13-17-9-5-6-10-20(17)22/h2-12,14-15,24H,13H2,1H3,(H,25,26). The number of pyridine rings is 1. The Bertz CT molecular complexity index is 883. The van der Waals surface area contributed by atoms with Gasteiger partial charge in [-0.3, -0.25) is 9.78 Å². The van der Waals surface area contributed by atoms with Gasteiger partial charge < -0.3 is 10.6 Å². The summed E-state index contributed by atoms with van der Waals surface area (Å²) in [5.41, 5.74) is 3.32. The number of nitrogens with one attached hydrogen (secondary N) is 2. The summed E-state index contributed by atoms with van der Waals surface area (Å²) >= 11 is 6.17. The van der Waals surface area contributed by atoms with Gasteiger partial charge in [0.2, 0.25) is 0 Å². The third kappa shape index (κ3) is 4.61. The van der Waals surface area contributed by atoms with Crippen LogP contribution in [0.15, 0.2) is 73.1 Å². The van der Waals surface area contributed by atoms with E-state index >= 15 is 0 Å². The molecule has 0 aliphatic rings. The van der Waals surface area contributed by atoms with Crippen LogP contribution < -0.4 is 10.6 Å². The highest BCUT2D eigenvalue weighted by atomic mass is 35.5. The second-order valence-electron chi connectivity index (χ2n) is 6.01. The smallest absolute Gasteiger partial charge is 0.253 e. The molecule has 0 radical (unpaired) electrons. The first-order valence-corrected chi connectivity index (χ1v) is 8.79. The number of hydrogen-bond acceptors (Lipinski definition) is 3. The minimum absolute atomic E-state index is 0.0801. The zero-order chi connectivity index (χ0) is 18.4. The zero-order valence-electron chi connectivity index (χ0n) is 14.4. The lowest BCUT2D eigenvalue weighted by Crippen LogP contribution is -2.26. The fourth-order valence-electron chi connectivity index (χ4n) is 2.60. The van der Waals surface area contributed by atoms with Crippen molar-refractivity contribution < 1.29 is 4.79 Å². The molecule has 1 unspecified atom stereocenters. The molecule has 0 aliphatic heterocycles. The van der Waals surface area contributed by atoms with Crippen molar-refractivity contribution in [3.8, 4) is 0 Å². The van der Waals surface area contributed by atoms with Crippen LogP contribution in [0.1, 0.15) is 34.5 Å². The van der Waals surface area contributed by atoms with Crippen molar-refractivity contribution in [3.63, 3.8) is 0 Å². The molecule has 26 heavy (non-hydrogen) atoms. The quantitative estimate of drug-likeness (QED) is 0.657. The van der Waals surface area contributed by atoms with Crippen LogP contribution in [0, 0.1) is 0 Å². The predicted molar refractivity (Wildman–Crippen MR) is 105 cm³/mol. The Balaban J connectivity index is 1.65. The maximum Gasteiger partial charge on any atom is 0.253 e. The van der Waals surface area contributed by atoms with Crippen LogP contribution in [0.2, 0.25) is 5.02 Å². The van der Waals surface area contributed by atoms with Gasteiger partial charge >= 0.3 is 0 Å². The van der Waals surface area contributed by atoms with E-state index in [2.05, 4.69) is 15.6 Å². The van der Waals surface area contributed by atoms with E-state index in [1.54, 1.807) is 18.5 Å². The van der Waals surface area contributed by atoms with Crippen LogP contribution in [-0.2, 0) is 6.54 Å². The van der Waals surface area contributed by atoms with Crippen molar-refractivity contribution in [1.82, 2.24) is 10.3 Å². The highest BCUT2D eigenvalue weighted by Crippen LogP contribution is 2.18. The molecule has 0 bridgehead atoms.